The molecule has 2 atom stereocenters. The lowest BCUT2D eigenvalue weighted by Crippen LogP contribution is -2.32. The van der Waals surface area contributed by atoms with E-state index in [1.165, 1.54) is 6.92 Å². The number of alkyl halides is 1. The zero-order chi connectivity index (χ0) is 8.65. The molecule has 0 aromatic carbocycles. The highest BCUT2D eigenvalue weighted by Crippen LogP contribution is 2.46. The molecule has 0 radical (unpaired) electrons. The summed E-state index contributed by atoms with van der Waals surface area (Å²) in [6, 6.07) is 0.110. The normalized spacial score (nSPS) is 35.5. The lowest BCUT2D eigenvalue weighted by atomic mass is 10.3. The maximum absolute atomic E-state index is 12.9. The maximum atomic E-state index is 12.9. The summed E-state index contributed by atoms with van der Waals surface area (Å²) in [5.74, 6) is -0.546. The lowest BCUT2D eigenvalue weighted by Gasteiger charge is -2.07. The smallest absolute Gasteiger partial charge is 0.226 e. The molecule has 0 spiro atoms. The fourth-order valence-corrected chi connectivity index (χ4v) is 1.09. The molecule has 0 heterocycles. The van der Waals surface area contributed by atoms with Crippen LogP contribution in [0.4, 0.5) is 4.39 Å². The number of hydrogen-bond acceptors (Lipinski definition) is 1. The van der Waals surface area contributed by atoms with Crippen molar-refractivity contribution in [1.29, 1.82) is 0 Å². The van der Waals surface area contributed by atoms with Gasteiger partial charge in [0.1, 0.15) is 5.67 Å². The van der Waals surface area contributed by atoms with Gasteiger partial charge in [-0.1, -0.05) is 0 Å². The van der Waals surface area contributed by atoms with Crippen LogP contribution in [0.5, 0.6) is 0 Å². The van der Waals surface area contributed by atoms with Crippen LogP contribution in [0.3, 0.4) is 0 Å². The van der Waals surface area contributed by atoms with Crippen molar-refractivity contribution in [3.8, 4) is 0 Å². The Labute approximate surface area is 66.2 Å². The highest BCUT2D eigenvalue weighted by Gasteiger charge is 2.55. The second kappa shape index (κ2) is 2.47. The molecule has 2 unspecified atom stereocenters. The van der Waals surface area contributed by atoms with Crippen LogP contribution in [0.2, 0.25) is 0 Å². The average molecular weight is 159 g/mol. The third kappa shape index (κ3) is 1.91. The summed E-state index contributed by atoms with van der Waals surface area (Å²) in [4.78, 5) is 11.1. The molecule has 3 heteroatoms. The van der Waals surface area contributed by atoms with E-state index >= 15 is 0 Å². The van der Waals surface area contributed by atoms with Gasteiger partial charge in [-0.2, -0.15) is 0 Å². The van der Waals surface area contributed by atoms with Crippen LogP contribution < -0.4 is 5.32 Å². The fraction of sp³-hybridized carbons (Fsp3) is 0.875. The Bertz CT molecular complexity index is 177. The SMILES string of the molecule is CC(C)NC(=O)C1CC1(C)F. The van der Waals surface area contributed by atoms with E-state index in [1.54, 1.807) is 0 Å². The van der Waals surface area contributed by atoms with E-state index in [4.69, 9.17) is 0 Å². The second-order valence-electron chi connectivity index (χ2n) is 3.70. The molecule has 64 valence electrons. The topological polar surface area (TPSA) is 29.1 Å². The van der Waals surface area contributed by atoms with Crippen LogP contribution in [0, 0.1) is 5.92 Å². The number of nitrogens with one attached hydrogen (secondary N) is 1. The van der Waals surface area contributed by atoms with Crippen molar-refractivity contribution in [2.75, 3.05) is 0 Å². The molecular formula is C8H14FNO. The summed E-state index contributed by atoms with van der Waals surface area (Å²) < 4.78 is 12.9. The molecule has 0 aromatic rings. The van der Waals surface area contributed by atoms with Gasteiger partial charge < -0.3 is 5.32 Å². The molecule has 1 fully saturated rings. The number of amides is 1. The first-order valence-electron chi connectivity index (χ1n) is 3.93. The lowest BCUT2D eigenvalue weighted by molar-refractivity contribution is -0.123. The molecule has 2 nitrogen and oxygen atoms in total. The van der Waals surface area contributed by atoms with Crippen molar-refractivity contribution >= 4 is 5.91 Å². The van der Waals surface area contributed by atoms with Crippen molar-refractivity contribution in [2.45, 2.75) is 38.9 Å². The van der Waals surface area contributed by atoms with Gasteiger partial charge in [0.25, 0.3) is 0 Å². The zero-order valence-electron chi connectivity index (χ0n) is 7.15. The molecule has 0 saturated heterocycles. The fourth-order valence-electron chi connectivity index (χ4n) is 1.09. The van der Waals surface area contributed by atoms with Crippen LogP contribution in [0.1, 0.15) is 27.2 Å². The number of carbonyl (C=O) groups excluding carboxylic acids is 1. The zero-order valence-corrected chi connectivity index (χ0v) is 7.15. The van der Waals surface area contributed by atoms with Crippen molar-refractivity contribution < 1.29 is 9.18 Å². The monoisotopic (exact) mass is 159 g/mol. The Kier molecular flexibility index (Phi) is 1.90. The molecule has 1 rings (SSSR count). The standard InChI is InChI=1S/C8H14FNO/c1-5(2)10-7(11)6-4-8(6,3)9/h5-6H,4H2,1-3H3,(H,10,11). The Balaban J connectivity index is 2.34. The quantitative estimate of drug-likeness (QED) is 0.645. The summed E-state index contributed by atoms with van der Waals surface area (Å²) in [6.07, 6.45) is 0.381. The number of rotatable bonds is 2. The van der Waals surface area contributed by atoms with Crippen LogP contribution >= 0.6 is 0 Å². The number of carbonyl (C=O) groups is 1. The molecule has 1 aliphatic carbocycles. The minimum Gasteiger partial charge on any atom is -0.354 e. The molecule has 1 N–H and O–H groups in total. The second-order valence-corrected chi connectivity index (χ2v) is 3.70. The van der Waals surface area contributed by atoms with Gasteiger partial charge in [-0.05, 0) is 27.2 Å². The third-order valence-electron chi connectivity index (χ3n) is 1.92. The molecule has 1 saturated carbocycles. The minimum absolute atomic E-state index is 0.110. The molecular weight excluding hydrogens is 145 g/mol. The van der Waals surface area contributed by atoms with E-state index in [0.29, 0.717) is 6.42 Å². The largest absolute Gasteiger partial charge is 0.354 e. The van der Waals surface area contributed by atoms with E-state index in [2.05, 4.69) is 5.32 Å². The average Bonchev–Trinajstić information content (AvgIpc) is 2.38. The first kappa shape index (κ1) is 8.50. The van der Waals surface area contributed by atoms with Gasteiger partial charge in [0.05, 0.1) is 5.92 Å². The highest BCUT2D eigenvalue weighted by molar-refractivity contribution is 5.83. The van der Waals surface area contributed by atoms with E-state index in [-0.39, 0.29) is 11.9 Å². The third-order valence-corrected chi connectivity index (χ3v) is 1.92. The van der Waals surface area contributed by atoms with E-state index in [1.807, 2.05) is 13.8 Å². The first-order chi connectivity index (χ1) is 4.93. The van der Waals surface area contributed by atoms with Crippen molar-refractivity contribution in [3.63, 3.8) is 0 Å². The van der Waals surface area contributed by atoms with Crippen molar-refractivity contribution in [1.82, 2.24) is 5.32 Å². The molecule has 1 amide bonds. The maximum Gasteiger partial charge on any atom is 0.226 e. The van der Waals surface area contributed by atoms with Crippen LogP contribution in [-0.4, -0.2) is 17.6 Å². The number of hydrogen-bond donors (Lipinski definition) is 1. The Hall–Kier alpha value is -0.600. The minimum atomic E-state index is -1.24. The Morgan fingerprint density at radius 1 is 1.73 bits per heavy atom. The highest BCUT2D eigenvalue weighted by atomic mass is 19.1. The van der Waals surface area contributed by atoms with Crippen molar-refractivity contribution in [3.05, 3.63) is 0 Å². The first-order valence-corrected chi connectivity index (χ1v) is 3.93. The molecule has 0 aromatic heterocycles. The van der Waals surface area contributed by atoms with Gasteiger partial charge >= 0.3 is 0 Å². The summed E-state index contributed by atoms with van der Waals surface area (Å²) in [6.45, 7) is 5.21. The van der Waals surface area contributed by atoms with Crippen LogP contribution in [-0.2, 0) is 4.79 Å². The molecule has 0 aliphatic heterocycles. The van der Waals surface area contributed by atoms with Gasteiger partial charge in [0.15, 0.2) is 0 Å². The molecule has 11 heavy (non-hydrogen) atoms. The van der Waals surface area contributed by atoms with Gasteiger partial charge in [0.2, 0.25) is 5.91 Å². The summed E-state index contributed by atoms with van der Waals surface area (Å²) in [7, 11) is 0. The number of halogens is 1. The predicted octanol–water partition coefficient (Wildman–Crippen LogP) is 1.26. The van der Waals surface area contributed by atoms with Crippen molar-refractivity contribution in [2.24, 2.45) is 5.92 Å². The van der Waals surface area contributed by atoms with Crippen LogP contribution in [0.25, 0.3) is 0 Å². The Morgan fingerprint density at radius 2 is 2.18 bits per heavy atom. The molecule has 1 aliphatic rings. The van der Waals surface area contributed by atoms with Gasteiger partial charge in [-0.3, -0.25) is 4.79 Å². The van der Waals surface area contributed by atoms with Gasteiger partial charge in [0, 0.05) is 6.04 Å². The summed E-state index contributed by atoms with van der Waals surface area (Å²) >= 11 is 0. The Morgan fingerprint density at radius 3 is 2.45 bits per heavy atom. The van der Waals surface area contributed by atoms with E-state index < -0.39 is 11.6 Å². The van der Waals surface area contributed by atoms with E-state index in [0.717, 1.165) is 0 Å². The molecule has 0 bridgehead atoms. The van der Waals surface area contributed by atoms with Gasteiger partial charge in [-0.25, -0.2) is 4.39 Å². The summed E-state index contributed by atoms with van der Waals surface area (Å²) in [5.41, 5.74) is -1.24. The van der Waals surface area contributed by atoms with E-state index in [9.17, 15) is 9.18 Å². The predicted molar refractivity (Wildman–Crippen MR) is 40.9 cm³/mol. The van der Waals surface area contributed by atoms with Gasteiger partial charge in [-0.15, -0.1) is 0 Å². The van der Waals surface area contributed by atoms with Crippen LogP contribution in [0.15, 0.2) is 0 Å². The summed E-state index contributed by atoms with van der Waals surface area (Å²) in [5, 5.41) is 2.68.